The first-order chi connectivity index (χ1) is 7.02. The van der Waals surface area contributed by atoms with Crippen LogP contribution in [0.15, 0.2) is 16.7 Å². The van der Waals surface area contributed by atoms with Crippen molar-refractivity contribution in [3.63, 3.8) is 0 Å². The van der Waals surface area contributed by atoms with Crippen LogP contribution in [-0.2, 0) is 0 Å². The maximum atomic E-state index is 6.17. The Kier molecular flexibility index (Phi) is 3.13. The lowest BCUT2D eigenvalue weighted by atomic mass is 10.2. The maximum absolute atomic E-state index is 6.17. The Hall–Kier alpha value is -0.0200. The Morgan fingerprint density at radius 2 is 1.87 bits per heavy atom. The van der Waals surface area contributed by atoms with Crippen molar-refractivity contribution in [2.75, 3.05) is 0 Å². The highest BCUT2D eigenvalue weighted by Crippen LogP contribution is 2.39. The van der Waals surface area contributed by atoms with E-state index in [0.717, 1.165) is 10.9 Å². The number of aromatic nitrogens is 1. The molecule has 1 aromatic carbocycles. The highest BCUT2D eigenvalue weighted by Gasteiger charge is 2.13. The third-order valence-electron chi connectivity index (χ3n) is 2.10. The van der Waals surface area contributed by atoms with Crippen LogP contribution in [0.25, 0.3) is 10.9 Å². The maximum Gasteiger partial charge on any atom is 0.0889 e. The van der Waals surface area contributed by atoms with Gasteiger partial charge in [-0.05, 0) is 34.5 Å². The van der Waals surface area contributed by atoms with Crippen LogP contribution in [-0.4, -0.2) is 4.98 Å². The van der Waals surface area contributed by atoms with Crippen LogP contribution >= 0.6 is 50.7 Å². The second kappa shape index (κ2) is 4.10. The van der Waals surface area contributed by atoms with E-state index in [1.807, 2.05) is 6.92 Å². The molecule has 78 valence electrons. The van der Waals surface area contributed by atoms with Crippen molar-refractivity contribution in [2.45, 2.75) is 6.92 Å². The van der Waals surface area contributed by atoms with E-state index in [2.05, 4.69) is 20.9 Å². The molecule has 0 bridgehead atoms. The third kappa shape index (κ3) is 1.84. The third-order valence-corrected chi connectivity index (χ3v) is 4.21. The lowest BCUT2D eigenvalue weighted by Gasteiger charge is -2.08. The molecular formula is C10H5BrCl3N. The second-order valence-electron chi connectivity index (χ2n) is 3.13. The average molecular weight is 325 g/mol. The Morgan fingerprint density at radius 1 is 1.20 bits per heavy atom. The van der Waals surface area contributed by atoms with Gasteiger partial charge < -0.3 is 0 Å². The molecule has 0 amide bonds. The van der Waals surface area contributed by atoms with Crippen molar-refractivity contribution in [3.05, 3.63) is 37.4 Å². The Balaban J connectivity index is 3.03. The van der Waals surface area contributed by atoms with Gasteiger partial charge in [-0.2, -0.15) is 0 Å². The summed E-state index contributed by atoms with van der Waals surface area (Å²) in [6.07, 6.45) is 1.70. The van der Waals surface area contributed by atoms with Crippen molar-refractivity contribution in [2.24, 2.45) is 0 Å². The van der Waals surface area contributed by atoms with Crippen LogP contribution < -0.4 is 0 Å². The van der Waals surface area contributed by atoms with Gasteiger partial charge in [0, 0.05) is 11.6 Å². The summed E-state index contributed by atoms with van der Waals surface area (Å²) in [7, 11) is 0. The molecule has 0 saturated carbocycles. The average Bonchev–Trinajstić information content (AvgIpc) is 2.18. The zero-order chi connectivity index (χ0) is 11.2. The normalized spacial score (nSPS) is 11.0. The summed E-state index contributed by atoms with van der Waals surface area (Å²) in [5.41, 5.74) is 1.57. The van der Waals surface area contributed by atoms with Crippen molar-refractivity contribution >= 4 is 61.6 Å². The molecule has 0 saturated heterocycles. The number of hydrogen-bond donors (Lipinski definition) is 0. The van der Waals surface area contributed by atoms with Gasteiger partial charge in [0.15, 0.2) is 0 Å². The number of fused-ring (bicyclic) bond motifs is 1. The standard InChI is InChI=1S/C10H5BrCl3N/c1-4-3-15-10-7(9(4)14)5(12)2-6(13)8(10)11/h2-3H,1H3. The van der Waals surface area contributed by atoms with E-state index in [9.17, 15) is 0 Å². The van der Waals surface area contributed by atoms with Crippen molar-refractivity contribution in [1.29, 1.82) is 0 Å². The van der Waals surface area contributed by atoms with Gasteiger partial charge in [-0.25, -0.2) is 0 Å². The predicted octanol–water partition coefficient (Wildman–Crippen LogP) is 5.27. The zero-order valence-corrected chi connectivity index (χ0v) is 11.5. The lowest BCUT2D eigenvalue weighted by Crippen LogP contribution is -1.87. The summed E-state index contributed by atoms with van der Waals surface area (Å²) in [6, 6.07) is 1.66. The van der Waals surface area contributed by atoms with Gasteiger partial charge in [0.2, 0.25) is 0 Å². The van der Waals surface area contributed by atoms with E-state index in [0.29, 0.717) is 25.1 Å². The molecule has 1 aromatic heterocycles. The SMILES string of the molecule is Cc1cnc2c(Br)c(Cl)cc(Cl)c2c1Cl. The van der Waals surface area contributed by atoms with E-state index in [-0.39, 0.29) is 0 Å². The molecule has 5 heteroatoms. The first-order valence-corrected chi connectivity index (χ1v) is 6.03. The Bertz CT molecular complexity index is 554. The number of aryl methyl sites for hydroxylation is 1. The number of pyridine rings is 1. The van der Waals surface area contributed by atoms with Gasteiger partial charge in [0.05, 0.1) is 25.1 Å². The van der Waals surface area contributed by atoms with Gasteiger partial charge >= 0.3 is 0 Å². The van der Waals surface area contributed by atoms with Gasteiger partial charge in [0.25, 0.3) is 0 Å². The van der Waals surface area contributed by atoms with Crippen LogP contribution in [0, 0.1) is 6.92 Å². The smallest absolute Gasteiger partial charge is 0.0889 e. The second-order valence-corrected chi connectivity index (χ2v) is 5.12. The minimum atomic E-state index is 0.513. The highest BCUT2D eigenvalue weighted by atomic mass is 79.9. The molecule has 0 aliphatic carbocycles. The molecule has 0 aliphatic heterocycles. The van der Waals surface area contributed by atoms with E-state index in [1.165, 1.54) is 0 Å². The molecule has 0 atom stereocenters. The molecule has 0 spiro atoms. The summed E-state index contributed by atoms with van der Waals surface area (Å²) < 4.78 is 0.713. The fourth-order valence-electron chi connectivity index (χ4n) is 1.33. The first kappa shape index (κ1) is 11.5. The number of halogens is 4. The van der Waals surface area contributed by atoms with Gasteiger partial charge in [-0.3, -0.25) is 4.98 Å². The molecule has 0 unspecified atom stereocenters. The minimum absolute atomic E-state index is 0.513. The van der Waals surface area contributed by atoms with Crippen LogP contribution in [0.3, 0.4) is 0 Å². The first-order valence-electron chi connectivity index (χ1n) is 4.10. The fourth-order valence-corrected chi connectivity index (χ4v) is 2.58. The Labute approximate surface area is 110 Å². The van der Waals surface area contributed by atoms with Crippen molar-refractivity contribution in [3.8, 4) is 0 Å². The minimum Gasteiger partial charge on any atom is -0.255 e. The molecule has 2 rings (SSSR count). The molecule has 0 N–H and O–H groups in total. The number of hydrogen-bond acceptors (Lipinski definition) is 1. The van der Waals surface area contributed by atoms with E-state index in [1.54, 1.807) is 12.3 Å². The molecule has 0 aliphatic rings. The summed E-state index contributed by atoms with van der Waals surface area (Å²) in [4.78, 5) is 4.26. The van der Waals surface area contributed by atoms with E-state index in [4.69, 9.17) is 34.8 Å². The van der Waals surface area contributed by atoms with Crippen LogP contribution in [0.5, 0.6) is 0 Å². The zero-order valence-electron chi connectivity index (χ0n) is 7.61. The quantitative estimate of drug-likeness (QED) is 0.602. The van der Waals surface area contributed by atoms with Gasteiger partial charge in [-0.15, -0.1) is 0 Å². The Morgan fingerprint density at radius 3 is 2.53 bits per heavy atom. The largest absolute Gasteiger partial charge is 0.255 e. The van der Waals surface area contributed by atoms with Gasteiger partial charge in [-0.1, -0.05) is 34.8 Å². The number of rotatable bonds is 0. The molecule has 1 heterocycles. The topological polar surface area (TPSA) is 12.9 Å². The lowest BCUT2D eigenvalue weighted by molar-refractivity contribution is 1.33. The highest BCUT2D eigenvalue weighted by molar-refractivity contribution is 9.10. The van der Waals surface area contributed by atoms with Crippen LogP contribution in [0.4, 0.5) is 0 Å². The van der Waals surface area contributed by atoms with E-state index < -0.39 is 0 Å². The van der Waals surface area contributed by atoms with Crippen LogP contribution in [0.2, 0.25) is 15.1 Å². The summed E-state index contributed by atoms with van der Waals surface area (Å²) >= 11 is 21.6. The van der Waals surface area contributed by atoms with Crippen LogP contribution in [0.1, 0.15) is 5.56 Å². The molecule has 15 heavy (non-hydrogen) atoms. The summed E-state index contributed by atoms with van der Waals surface area (Å²) in [6.45, 7) is 1.88. The van der Waals surface area contributed by atoms with Gasteiger partial charge in [0.1, 0.15) is 0 Å². The fraction of sp³-hybridized carbons (Fsp3) is 0.100. The molecule has 0 fully saturated rings. The molecule has 0 radical (unpaired) electrons. The number of benzene rings is 1. The summed E-state index contributed by atoms with van der Waals surface area (Å²) in [5.74, 6) is 0. The molecular weight excluding hydrogens is 320 g/mol. The molecule has 1 nitrogen and oxygen atoms in total. The predicted molar refractivity (Wildman–Crippen MR) is 69.2 cm³/mol. The molecule has 2 aromatic rings. The monoisotopic (exact) mass is 323 g/mol. The van der Waals surface area contributed by atoms with Crippen molar-refractivity contribution < 1.29 is 0 Å². The summed E-state index contributed by atoms with van der Waals surface area (Å²) in [5, 5.41) is 2.39. The van der Waals surface area contributed by atoms with E-state index >= 15 is 0 Å². The van der Waals surface area contributed by atoms with Crippen molar-refractivity contribution in [1.82, 2.24) is 4.98 Å². The number of nitrogens with zero attached hydrogens (tertiary/aromatic N) is 1.